The van der Waals surface area contributed by atoms with E-state index < -0.39 is 11.6 Å². The van der Waals surface area contributed by atoms with Crippen molar-refractivity contribution in [3.05, 3.63) is 53.1 Å². The summed E-state index contributed by atoms with van der Waals surface area (Å²) in [5.74, 6) is 0.930. The Morgan fingerprint density at radius 1 is 1.00 bits per heavy atom. The fourth-order valence-corrected chi connectivity index (χ4v) is 3.06. The Kier molecular flexibility index (Phi) is 8.78. The molecule has 0 bridgehead atoms. The molecule has 2 amide bonds. The van der Waals surface area contributed by atoms with Gasteiger partial charge in [0.15, 0.2) is 6.61 Å². The molecule has 0 saturated heterocycles. The van der Waals surface area contributed by atoms with E-state index in [1.165, 1.54) is 19.1 Å². The summed E-state index contributed by atoms with van der Waals surface area (Å²) in [7, 11) is 3.07. The van der Waals surface area contributed by atoms with E-state index in [2.05, 4.69) is 5.32 Å². The average molecular weight is 463 g/mol. The van der Waals surface area contributed by atoms with E-state index in [0.717, 1.165) is 5.56 Å². The Morgan fingerprint density at radius 2 is 1.53 bits per heavy atom. The largest absolute Gasteiger partial charge is 0.496 e. The zero-order valence-corrected chi connectivity index (χ0v) is 20.2. The van der Waals surface area contributed by atoms with Gasteiger partial charge in [-0.25, -0.2) is 0 Å². The second kappa shape index (κ2) is 11.1. The molecular weight excluding hydrogens is 432 g/mol. The van der Waals surface area contributed by atoms with Gasteiger partial charge < -0.3 is 24.4 Å². The maximum Gasteiger partial charge on any atom is 0.261 e. The Balaban J connectivity index is 2.20. The number of benzene rings is 2. The van der Waals surface area contributed by atoms with Gasteiger partial charge in [0.2, 0.25) is 5.91 Å². The number of amides is 2. The van der Waals surface area contributed by atoms with Crippen LogP contribution in [-0.2, 0) is 16.1 Å². The van der Waals surface area contributed by atoms with Crippen molar-refractivity contribution in [1.82, 2.24) is 10.2 Å². The first-order valence-electron chi connectivity index (χ1n) is 10.2. The quantitative estimate of drug-likeness (QED) is 0.607. The molecule has 0 spiro atoms. The first-order valence-corrected chi connectivity index (χ1v) is 10.6. The molecule has 1 unspecified atom stereocenters. The number of nitrogens with one attached hydrogen (secondary N) is 1. The summed E-state index contributed by atoms with van der Waals surface area (Å²) in [6.45, 7) is 7.35. The molecule has 7 nitrogen and oxygen atoms in total. The van der Waals surface area contributed by atoms with Crippen molar-refractivity contribution in [2.75, 3.05) is 20.8 Å². The molecule has 1 N–H and O–H groups in total. The number of halogens is 1. The standard InChI is InChI=1S/C24H31ClN2O5/c1-16(23(29)26-24(2,3)4)27(14-17-7-9-18(25)10-8-17)22(28)15-32-21-12-19(30-5)11-20(13-21)31-6/h7-13,16H,14-15H2,1-6H3,(H,26,29). The van der Waals surface area contributed by atoms with E-state index in [0.29, 0.717) is 22.3 Å². The van der Waals surface area contributed by atoms with Crippen LogP contribution < -0.4 is 19.5 Å². The van der Waals surface area contributed by atoms with Crippen LogP contribution in [0.2, 0.25) is 5.02 Å². The zero-order chi connectivity index (χ0) is 23.9. The summed E-state index contributed by atoms with van der Waals surface area (Å²) >= 11 is 5.98. The third-order valence-electron chi connectivity index (χ3n) is 4.62. The molecule has 0 fully saturated rings. The minimum atomic E-state index is -0.708. The van der Waals surface area contributed by atoms with E-state index >= 15 is 0 Å². The van der Waals surface area contributed by atoms with Crippen LogP contribution >= 0.6 is 11.6 Å². The molecule has 0 aliphatic rings. The summed E-state index contributed by atoms with van der Waals surface area (Å²) in [5.41, 5.74) is 0.426. The lowest BCUT2D eigenvalue weighted by Gasteiger charge is -2.31. The lowest BCUT2D eigenvalue weighted by atomic mass is 10.1. The van der Waals surface area contributed by atoms with Gasteiger partial charge >= 0.3 is 0 Å². The highest BCUT2D eigenvalue weighted by Crippen LogP contribution is 2.27. The van der Waals surface area contributed by atoms with Gasteiger partial charge in [0.05, 0.1) is 14.2 Å². The molecule has 8 heteroatoms. The van der Waals surface area contributed by atoms with Gasteiger partial charge in [-0.1, -0.05) is 23.7 Å². The van der Waals surface area contributed by atoms with Crippen molar-refractivity contribution in [2.45, 2.75) is 45.8 Å². The van der Waals surface area contributed by atoms with Gasteiger partial charge in [-0.2, -0.15) is 0 Å². The number of carbonyl (C=O) groups excluding carboxylic acids is 2. The van der Waals surface area contributed by atoms with Gasteiger partial charge in [0, 0.05) is 35.3 Å². The van der Waals surface area contributed by atoms with E-state index in [4.69, 9.17) is 25.8 Å². The average Bonchev–Trinajstić information content (AvgIpc) is 2.75. The van der Waals surface area contributed by atoms with Crippen molar-refractivity contribution < 1.29 is 23.8 Å². The van der Waals surface area contributed by atoms with Crippen molar-refractivity contribution >= 4 is 23.4 Å². The van der Waals surface area contributed by atoms with Gasteiger partial charge in [0.25, 0.3) is 5.91 Å². The van der Waals surface area contributed by atoms with Crippen LogP contribution in [0.1, 0.15) is 33.3 Å². The van der Waals surface area contributed by atoms with Gasteiger partial charge in [0.1, 0.15) is 23.3 Å². The van der Waals surface area contributed by atoms with Crippen LogP contribution in [0.5, 0.6) is 17.2 Å². The molecule has 2 rings (SSSR count). The predicted octanol–water partition coefficient (Wildman–Crippen LogP) is 4.07. The highest BCUT2D eigenvalue weighted by atomic mass is 35.5. The number of hydrogen-bond donors (Lipinski definition) is 1. The fourth-order valence-electron chi connectivity index (χ4n) is 2.94. The van der Waals surface area contributed by atoms with E-state index in [-0.39, 0.29) is 25.0 Å². The summed E-state index contributed by atoms with van der Waals surface area (Å²) in [5, 5.41) is 3.52. The van der Waals surface area contributed by atoms with Crippen molar-refractivity contribution in [2.24, 2.45) is 0 Å². The highest BCUT2D eigenvalue weighted by Gasteiger charge is 2.28. The Bertz CT molecular complexity index is 903. The van der Waals surface area contributed by atoms with Crippen molar-refractivity contribution in [1.29, 1.82) is 0 Å². The number of hydrogen-bond acceptors (Lipinski definition) is 5. The lowest BCUT2D eigenvalue weighted by molar-refractivity contribution is -0.142. The molecular formula is C24H31ClN2O5. The molecule has 0 aliphatic carbocycles. The summed E-state index contributed by atoms with van der Waals surface area (Å²) in [6.07, 6.45) is 0. The SMILES string of the molecule is COc1cc(OC)cc(OCC(=O)N(Cc2ccc(Cl)cc2)C(C)C(=O)NC(C)(C)C)c1. The summed E-state index contributed by atoms with van der Waals surface area (Å²) in [6, 6.07) is 11.5. The van der Waals surface area contributed by atoms with Crippen LogP contribution in [0, 0.1) is 0 Å². The Morgan fingerprint density at radius 3 is 2.03 bits per heavy atom. The van der Waals surface area contributed by atoms with Crippen LogP contribution in [0.4, 0.5) is 0 Å². The van der Waals surface area contributed by atoms with Crippen LogP contribution in [0.15, 0.2) is 42.5 Å². The molecule has 174 valence electrons. The first kappa shape index (κ1) is 25.3. The summed E-state index contributed by atoms with van der Waals surface area (Å²) in [4.78, 5) is 27.4. The third-order valence-corrected chi connectivity index (χ3v) is 4.87. The molecule has 0 heterocycles. The van der Waals surface area contributed by atoms with Crippen LogP contribution in [-0.4, -0.2) is 49.1 Å². The third kappa shape index (κ3) is 7.64. The van der Waals surface area contributed by atoms with E-state index in [9.17, 15) is 9.59 Å². The number of rotatable bonds is 9. The molecule has 32 heavy (non-hydrogen) atoms. The minimum absolute atomic E-state index is 0.236. The molecule has 2 aromatic carbocycles. The Labute approximate surface area is 194 Å². The fraction of sp³-hybridized carbons (Fsp3) is 0.417. The topological polar surface area (TPSA) is 77.1 Å². The highest BCUT2D eigenvalue weighted by molar-refractivity contribution is 6.30. The normalized spacial score (nSPS) is 12.0. The first-order chi connectivity index (χ1) is 15.0. The zero-order valence-electron chi connectivity index (χ0n) is 19.4. The smallest absolute Gasteiger partial charge is 0.261 e. The predicted molar refractivity (Wildman–Crippen MR) is 124 cm³/mol. The molecule has 1 atom stereocenters. The Hall–Kier alpha value is -2.93. The molecule has 2 aromatic rings. The molecule has 0 radical (unpaired) electrons. The van der Waals surface area contributed by atoms with Crippen molar-refractivity contribution in [3.8, 4) is 17.2 Å². The van der Waals surface area contributed by atoms with E-state index in [1.54, 1.807) is 37.3 Å². The van der Waals surface area contributed by atoms with Gasteiger partial charge in [-0.15, -0.1) is 0 Å². The number of nitrogens with zero attached hydrogens (tertiary/aromatic N) is 1. The number of methoxy groups -OCH3 is 2. The van der Waals surface area contributed by atoms with Crippen LogP contribution in [0.3, 0.4) is 0 Å². The maximum absolute atomic E-state index is 13.1. The lowest BCUT2D eigenvalue weighted by Crippen LogP contribution is -2.53. The molecule has 0 saturated carbocycles. The minimum Gasteiger partial charge on any atom is -0.496 e. The van der Waals surface area contributed by atoms with Crippen LogP contribution in [0.25, 0.3) is 0 Å². The second-order valence-corrected chi connectivity index (χ2v) is 8.84. The summed E-state index contributed by atoms with van der Waals surface area (Å²) < 4.78 is 16.2. The van der Waals surface area contributed by atoms with Crippen molar-refractivity contribution in [3.63, 3.8) is 0 Å². The van der Waals surface area contributed by atoms with E-state index in [1.807, 2.05) is 32.9 Å². The van der Waals surface area contributed by atoms with Gasteiger partial charge in [-0.05, 0) is 45.4 Å². The number of ether oxygens (including phenoxy) is 3. The van der Waals surface area contributed by atoms with Gasteiger partial charge in [-0.3, -0.25) is 9.59 Å². The monoisotopic (exact) mass is 462 g/mol. The number of carbonyl (C=O) groups is 2. The maximum atomic E-state index is 13.1. The molecule has 0 aromatic heterocycles. The molecule has 0 aliphatic heterocycles. The second-order valence-electron chi connectivity index (χ2n) is 8.40.